The summed E-state index contributed by atoms with van der Waals surface area (Å²) < 4.78 is 14.7. The van der Waals surface area contributed by atoms with Gasteiger partial charge in [-0.1, -0.05) is 23.2 Å². The van der Waals surface area contributed by atoms with Gasteiger partial charge in [0.2, 0.25) is 0 Å². The fraction of sp³-hybridized carbons (Fsp3) is 0.312. The minimum absolute atomic E-state index is 0.00593. The van der Waals surface area contributed by atoms with E-state index >= 15 is 0 Å². The van der Waals surface area contributed by atoms with Crippen LogP contribution < -0.4 is 4.90 Å². The number of nitriles is 1. The van der Waals surface area contributed by atoms with Gasteiger partial charge >= 0.3 is 6.09 Å². The summed E-state index contributed by atoms with van der Waals surface area (Å²) in [5, 5.41) is 19.2. The number of piperazine rings is 1. The maximum Gasteiger partial charge on any atom is 0.407 e. The predicted octanol–water partition coefficient (Wildman–Crippen LogP) is 4.50. The first-order valence-electron chi connectivity index (χ1n) is 7.57. The Balaban J connectivity index is 2.22. The van der Waals surface area contributed by atoms with Crippen LogP contribution in [0.1, 0.15) is 12.5 Å². The molecule has 136 valence electrons. The number of pyridine rings is 1. The molecule has 26 heavy (non-hydrogen) atoms. The fourth-order valence-corrected chi connectivity index (χ4v) is 3.84. The SMILES string of the molecule is C[C@@H]1CN(c2c(C#N)c(Cl)nc3c(F)c(Br)c(Cl)cc23)CCN1C(=O)O. The van der Waals surface area contributed by atoms with Crippen molar-refractivity contribution in [3.63, 3.8) is 0 Å². The number of benzene rings is 1. The lowest BCUT2D eigenvalue weighted by Gasteiger charge is -2.40. The lowest BCUT2D eigenvalue weighted by atomic mass is 10.1. The van der Waals surface area contributed by atoms with E-state index in [0.717, 1.165) is 0 Å². The summed E-state index contributed by atoms with van der Waals surface area (Å²) >= 11 is 15.3. The Bertz CT molecular complexity index is 966. The van der Waals surface area contributed by atoms with Crippen LogP contribution in [-0.2, 0) is 0 Å². The number of hydrogen-bond acceptors (Lipinski definition) is 4. The molecule has 0 radical (unpaired) electrons. The highest BCUT2D eigenvalue weighted by Gasteiger charge is 2.31. The van der Waals surface area contributed by atoms with E-state index in [9.17, 15) is 19.6 Å². The van der Waals surface area contributed by atoms with Crippen LogP contribution in [-0.4, -0.2) is 46.8 Å². The zero-order valence-corrected chi connectivity index (χ0v) is 16.5. The van der Waals surface area contributed by atoms with Gasteiger partial charge in [-0.05, 0) is 28.9 Å². The molecule has 1 aromatic carbocycles. The van der Waals surface area contributed by atoms with Crippen LogP contribution in [0.15, 0.2) is 10.5 Å². The van der Waals surface area contributed by atoms with Crippen LogP contribution in [0.2, 0.25) is 10.2 Å². The number of carbonyl (C=O) groups is 1. The third-order valence-corrected chi connectivity index (χ3v) is 5.92. The second-order valence-electron chi connectivity index (χ2n) is 5.89. The Labute approximate surface area is 166 Å². The molecule has 1 fully saturated rings. The number of aromatic nitrogens is 1. The standard InChI is InChI=1S/C16H12BrCl2FN4O2/c1-7-6-23(2-3-24(7)16(25)26)14-8-4-10(18)11(17)12(20)13(8)22-15(19)9(14)5-21/h4,7H,2-3,6H2,1H3,(H,25,26)/t7-/m1/s1. The molecule has 1 aromatic heterocycles. The molecular formula is C16H12BrCl2FN4O2. The van der Waals surface area contributed by atoms with E-state index in [1.807, 2.05) is 11.0 Å². The first kappa shape index (κ1) is 19.0. The number of hydrogen-bond donors (Lipinski definition) is 1. The van der Waals surface area contributed by atoms with E-state index in [1.54, 1.807) is 6.92 Å². The number of halogens is 4. The molecule has 10 heteroatoms. The molecule has 0 aliphatic carbocycles. The van der Waals surface area contributed by atoms with Gasteiger partial charge in [-0.15, -0.1) is 0 Å². The van der Waals surface area contributed by atoms with Gasteiger partial charge in [-0.2, -0.15) is 5.26 Å². The van der Waals surface area contributed by atoms with Crippen molar-refractivity contribution in [2.75, 3.05) is 24.5 Å². The number of fused-ring (bicyclic) bond motifs is 1. The Morgan fingerprint density at radius 2 is 2.19 bits per heavy atom. The molecule has 2 aromatic rings. The molecule has 6 nitrogen and oxygen atoms in total. The normalized spacial score (nSPS) is 17.5. The van der Waals surface area contributed by atoms with Crippen molar-refractivity contribution in [1.82, 2.24) is 9.88 Å². The van der Waals surface area contributed by atoms with Crippen molar-refractivity contribution in [2.45, 2.75) is 13.0 Å². The molecule has 2 heterocycles. The van der Waals surface area contributed by atoms with Crippen LogP contribution in [0, 0.1) is 17.1 Å². The van der Waals surface area contributed by atoms with Gasteiger partial charge in [0.25, 0.3) is 0 Å². The summed E-state index contributed by atoms with van der Waals surface area (Å²) in [6, 6.07) is 3.22. The van der Waals surface area contributed by atoms with Crippen molar-refractivity contribution < 1.29 is 14.3 Å². The first-order chi connectivity index (χ1) is 12.3. The molecular weight excluding hydrogens is 450 g/mol. The summed E-state index contributed by atoms with van der Waals surface area (Å²) in [6.07, 6.45) is -1.01. The quantitative estimate of drug-likeness (QED) is 0.499. The van der Waals surface area contributed by atoms with Crippen molar-refractivity contribution in [3.05, 3.63) is 32.1 Å². The van der Waals surface area contributed by atoms with E-state index in [1.165, 1.54) is 11.0 Å². The molecule has 3 rings (SSSR count). The maximum atomic E-state index is 14.6. The predicted molar refractivity (Wildman–Crippen MR) is 101 cm³/mol. The number of anilines is 1. The molecule has 1 amide bonds. The highest BCUT2D eigenvalue weighted by Crippen LogP contribution is 2.40. The Morgan fingerprint density at radius 3 is 2.77 bits per heavy atom. The summed E-state index contributed by atoms with van der Waals surface area (Å²) in [6.45, 7) is 2.67. The third-order valence-electron chi connectivity index (χ3n) is 4.35. The van der Waals surface area contributed by atoms with Crippen molar-refractivity contribution in [3.8, 4) is 6.07 Å². The second-order valence-corrected chi connectivity index (χ2v) is 7.45. The van der Waals surface area contributed by atoms with E-state index in [2.05, 4.69) is 20.9 Å². The summed E-state index contributed by atoms with van der Waals surface area (Å²) in [5.41, 5.74) is 0.509. The molecule has 0 spiro atoms. The smallest absolute Gasteiger partial charge is 0.407 e. The molecule has 1 aliphatic rings. The van der Waals surface area contributed by atoms with E-state index < -0.39 is 11.9 Å². The number of rotatable bonds is 1. The van der Waals surface area contributed by atoms with Gasteiger partial charge in [0.05, 0.1) is 15.2 Å². The molecule has 1 saturated heterocycles. The second kappa shape index (κ2) is 7.06. The topological polar surface area (TPSA) is 80.5 Å². The van der Waals surface area contributed by atoms with Gasteiger partial charge in [0, 0.05) is 31.1 Å². The van der Waals surface area contributed by atoms with E-state index in [4.69, 9.17) is 23.2 Å². The van der Waals surface area contributed by atoms with Crippen LogP contribution in [0.3, 0.4) is 0 Å². The largest absolute Gasteiger partial charge is 0.465 e. The lowest BCUT2D eigenvalue weighted by Crippen LogP contribution is -2.54. The summed E-state index contributed by atoms with van der Waals surface area (Å²) in [7, 11) is 0. The third kappa shape index (κ3) is 3.04. The minimum Gasteiger partial charge on any atom is -0.465 e. The van der Waals surface area contributed by atoms with Crippen LogP contribution in [0.4, 0.5) is 14.9 Å². The Kier molecular flexibility index (Phi) is 5.15. The fourth-order valence-electron chi connectivity index (χ4n) is 3.13. The monoisotopic (exact) mass is 460 g/mol. The van der Waals surface area contributed by atoms with Gasteiger partial charge < -0.3 is 14.9 Å². The van der Waals surface area contributed by atoms with Gasteiger partial charge in [-0.25, -0.2) is 14.2 Å². The van der Waals surface area contributed by atoms with Crippen LogP contribution >= 0.6 is 39.1 Å². The average Bonchev–Trinajstić information content (AvgIpc) is 2.59. The van der Waals surface area contributed by atoms with Crippen molar-refractivity contribution in [2.24, 2.45) is 0 Å². The zero-order chi connectivity index (χ0) is 19.2. The average molecular weight is 462 g/mol. The highest BCUT2D eigenvalue weighted by atomic mass is 79.9. The van der Waals surface area contributed by atoms with Gasteiger partial charge in [-0.3, -0.25) is 0 Å². The molecule has 1 aliphatic heterocycles. The molecule has 0 bridgehead atoms. The Hall–Kier alpha value is -1.82. The lowest BCUT2D eigenvalue weighted by molar-refractivity contribution is 0.123. The maximum absolute atomic E-state index is 14.6. The molecule has 0 saturated carbocycles. The number of amides is 1. The first-order valence-corrected chi connectivity index (χ1v) is 9.12. The summed E-state index contributed by atoms with van der Waals surface area (Å²) in [4.78, 5) is 18.4. The van der Waals surface area contributed by atoms with Crippen LogP contribution in [0.5, 0.6) is 0 Å². The van der Waals surface area contributed by atoms with Crippen molar-refractivity contribution in [1.29, 1.82) is 5.26 Å². The van der Waals surface area contributed by atoms with Crippen LogP contribution in [0.25, 0.3) is 10.9 Å². The van der Waals surface area contributed by atoms with Gasteiger partial charge in [0.1, 0.15) is 22.3 Å². The van der Waals surface area contributed by atoms with Gasteiger partial charge in [0.15, 0.2) is 5.82 Å². The molecule has 0 unspecified atom stereocenters. The van der Waals surface area contributed by atoms with Crippen molar-refractivity contribution >= 4 is 61.8 Å². The minimum atomic E-state index is -1.01. The van der Waals surface area contributed by atoms with E-state index in [-0.39, 0.29) is 38.3 Å². The highest BCUT2D eigenvalue weighted by molar-refractivity contribution is 9.10. The molecule has 1 N–H and O–H groups in total. The van der Waals surface area contributed by atoms with E-state index in [0.29, 0.717) is 24.2 Å². The molecule has 1 atom stereocenters. The number of nitrogens with zero attached hydrogens (tertiary/aromatic N) is 4. The Morgan fingerprint density at radius 1 is 1.50 bits per heavy atom. The summed E-state index contributed by atoms with van der Waals surface area (Å²) in [5.74, 6) is -0.669. The zero-order valence-electron chi connectivity index (χ0n) is 13.4. The number of carboxylic acid groups (broad SMARTS) is 1.